The number of benzene rings is 1. The van der Waals surface area contributed by atoms with Crippen molar-refractivity contribution in [3.05, 3.63) is 52.8 Å². The molecule has 0 spiro atoms. The molecular formula is C17H19ClN4O2. The maximum absolute atomic E-state index is 6.25. The summed E-state index contributed by atoms with van der Waals surface area (Å²) in [5, 5.41) is 7.02. The Labute approximate surface area is 145 Å². The van der Waals surface area contributed by atoms with E-state index in [1.165, 1.54) is 0 Å². The maximum atomic E-state index is 6.25. The summed E-state index contributed by atoms with van der Waals surface area (Å²) in [4.78, 5) is 8.48. The Morgan fingerprint density at radius 1 is 1.21 bits per heavy atom. The van der Waals surface area contributed by atoms with Crippen molar-refractivity contribution in [2.45, 2.75) is 13.1 Å². The summed E-state index contributed by atoms with van der Waals surface area (Å²) in [6.45, 7) is 2.22. The van der Waals surface area contributed by atoms with Gasteiger partial charge in [0.15, 0.2) is 17.5 Å². The zero-order chi connectivity index (χ0) is 16.8. The second-order valence-corrected chi connectivity index (χ2v) is 5.61. The van der Waals surface area contributed by atoms with Gasteiger partial charge in [-0.1, -0.05) is 17.7 Å². The fourth-order valence-corrected chi connectivity index (χ4v) is 2.64. The summed E-state index contributed by atoms with van der Waals surface area (Å²) >= 11 is 6.25. The van der Waals surface area contributed by atoms with Gasteiger partial charge in [0, 0.05) is 19.8 Å². The first-order valence-corrected chi connectivity index (χ1v) is 8.06. The van der Waals surface area contributed by atoms with E-state index in [4.69, 9.17) is 21.1 Å². The zero-order valence-corrected chi connectivity index (χ0v) is 14.1. The molecule has 0 aliphatic carbocycles. The molecule has 126 valence electrons. The summed E-state index contributed by atoms with van der Waals surface area (Å²) in [6.07, 6.45) is 1.77. The van der Waals surface area contributed by atoms with Crippen molar-refractivity contribution in [1.29, 1.82) is 0 Å². The van der Waals surface area contributed by atoms with Crippen molar-refractivity contribution in [3.63, 3.8) is 0 Å². The number of hydrogen-bond donors (Lipinski definition) is 2. The standard InChI is InChI=1S/C17H19ClN4O2/c1-19-17(22-11-13-4-2-3-5-20-13)21-10-12-8-14(18)16-15(9-12)23-6-7-24-16/h2-5,8-9H,6-7,10-11H2,1H3,(H2,19,21,22). The first-order chi connectivity index (χ1) is 11.8. The molecule has 0 saturated carbocycles. The van der Waals surface area contributed by atoms with E-state index in [9.17, 15) is 0 Å². The van der Waals surface area contributed by atoms with Gasteiger partial charge in [-0.25, -0.2) is 0 Å². The van der Waals surface area contributed by atoms with Crippen molar-refractivity contribution in [2.75, 3.05) is 20.3 Å². The average Bonchev–Trinajstić information content (AvgIpc) is 2.63. The van der Waals surface area contributed by atoms with Gasteiger partial charge in [-0.05, 0) is 29.8 Å². The van der Waals surface area contributed by atoms with Crippen molar-refractivity contribution in [3.8, 4) is 11.5 Å². The SMILES string of the molecule is CN=C(NCc1cc(Cl)c2c(c1)OCCO2)NCc1ccccn1. The fourth-order valence-electron chi connectivity index (χ4n) is 2.35. The molecule has 7 heteroatoms. The highest BCUT2D eigenvalue weighted by atomic mass is 35.5. The molecule has 0 saturated heterocycles. The van der Waals surface area contributed by atoms with E-state index in [0.29, 0.717) is 48.8 Å². The number of rotatable bonds is 4. The molecule has 3 rings (SSSR count). The Morgan fingerprint density at radius 3 is 2.83 bits per heavy atom. The van der Waals surface area contributed by atoms with Gasteiger partial charge in [0.05, 0.1) is 17.3 Å². The molecule has 1 aliphatic rings. The highest BCUT2D eigenvalue weighted by Gasteiger charge is 2.16. The third-order valence-corrected chi connectivity index (χ3v) is 3.78. The van der Waals surface area contributed by atoms with Crippen LogP contribution in [0.1, 0.15) is 11.3 Å². The molecule has 0 bridgehead atoms. The minimum atomic E-state index is 0.522. The Hall–Kier alpha value is -2.47. The van der Waals surface area contributed by atoms with E-state index in [1.54, 1.807) is 13.2 Å². The highest BCUT2D eigenvalue weighted by Crippen LogP contribution is 2.38. The number of nitrogens with zero attached hydrogens (tertiary/aromatic N) is 2. The van der Waals surface area contributed by atoms with Gasteiger partial charge in [-0.3, -0.25) is 9.98 Å². The van der Waals surface area contributed by atoms with Crippen LogP contribution in [-0.2, 0) is 13.1 Å². The van der Waals surface area contributed by atoms with Crippen LogP contribution < -0.4 is 20.1 Å². The van der Waals surface area contributed by atoms with Gasteiger partial charge >= 0.3 is 0 Å². The van der Waals surface area contributed by atoms with E-state index in [2.05, 4.69) is 20.6 Å². The topological polar surface area (TPSA) is 67.8 Å². The van der Waals surface area contributed by atoms with E-state index in [-0.39, 0.29) is 0 Å². The number of guanidine groups is 1. The largest absolute Gasteiger partial charge is 0.486 e. The number of pyridine rings is 1. The minimum absolute atomic E-state index is 0.522. The number of aromatic nitrogens is 1. The summed E-state index contributed by atoms with van der Waals surface area (Å²) in [5.41, 5.74) is 1.94. The van der Waals surface area contributed by atoms with Gasteiger partial charge in [0.1, 0.15) is 13.2 Å². The van der Waals surface area contributed by atoms with Crippen LogP contribution in [0.4, 0.5) is 0 Å². The first-order valence-electron chi connectivity index (χ1n) is 7.68. The lowest BCUT2D eigenvalue weighted by atomic mass is 10.2. The zero-order valence-electron chi connectivity index (χ0n) is 13.4. The van der Waals surface area contributed by atoms with E-state index < -0.39 is 0 Å². The highest BCUT2D eigenvalue weighted by molar-refractivity contribution is 6.32. The number of fused-ring (bicyclic) bond motifs is 1. The molecular weight excluding hydrogens is 328 g/mol. The quantitative estimate of drug-likeness (QED) is 0.657. The Kier molecular flexibility index (Phi) is 5.38. The molecule has 0 fully saturated rings. The lowest BCUT2D eigenvalue weighted by molar-refractivity contribution is 0.171. The normalized spacial score (nSPS) is 13.5. The van der Waals surface area contributed by atoms with Gasteiger partial charge in [-0.15, -0.1) is 0 Å². The third kappa shape index (κ3) is 4.08. The number of halogens is 1. The molecule has 2 N–H and O–H groups in total. The van der Waals surface area contributed by atoms with Crippen LogP contribution >= 0.6 is 11.6 Å². The van der Waals surface area contributed by atoms with Gasteiger partial charge in [0.25, 0.3) is 0 Å². The number of aliphatic imine (C=N–C) groups is 1. The lowest BCUT2D eigenvalue weighted by Gasteiger charge is -2.20. The summed E-state index contributed by atoms with van der Waals surface area (Å²) in [5.74, 6) is 1.98. The van der Waals surface area contributed by atoms with Crippen LogP contribution in [0.5, 0.6) is 11.5 Å². The second kappa shape index (κ2) is 7.88. The van der Waals surface area contributed by atoms with E-state index >= 15 is 0 Å². The number of nitrogens with one attached hydrogen (secondary N) is 2. The molecule has 2 heterocycles. The van der Waals surface area contributed by atoms with Crippen molar-refractivity contribution in [1.82, 2.24) is 15.6 Å². The molecule has 24 heavy (non-hydrogen) atoms. The molecule has 1 aliphatic heterocycles. The van der Waals surface area contributed by atoms with Gasteiger partial charge in [0.2, 0.25) is 0 Å². The predicted octanol–water partition coefficient (Wildman–Crippen LogP) is 2.37. The maximum Gasteiger partial charge on any atom is 0.191 e. The monoisotopic (exact) mass is 346 g/mol. The van der Waals surface area contributed by atoms with Crippen LogP contribution in [0, 0.1) is 0 Å². The summed E-state index contributed by atoms with van der Waals surface area (Å²) in [7, 11) is 1.73. The van der Waals surface area contributed by atoms with Crippen LogP contribution in [0.15, 0.2) is 41.5 Å². The summed E-state index contributed by atoms with van der Waals surface area (Å²) in [6, 6.07) is 9.61. The average molecular weight is 347 g/mol. The number of hydrogen-bond acceptors (Lipinski definition) is 4. The van der Waals surface area contributed by atoms with Crippen molar-refractivity contribution >= 4 is 17.6 Å². The van der Waals surface area contributed by atoms with Gasteiger partial charge < -0.3 is 20.1 Å². The van der Waals surface area contributed by atoms with Crippen molar-refractivity contribution < 1.29 is 9.47 Å². The van der Waals surface area contributed by atoms with Gasteiger partial charge in [-0.2, -0.15) is 0 Å². The fraction of sp³-hybridized carbons (Fsp3) is 0.294. The molecule has 0 amide bonds. The molecule has 1 aromatic heterocycles. The molecule has 1 aromatic carbocycles. The van der Waals surface area contributed by atoms with Crippen LogP contribution in [-0.4, -0.2) is 31.2 Å². The first kappa shape index (κ1) is 16.4. The third-order valence-electron chi connectivity index (χ3n) is 3.50. The molecule has 0 atom stereocenters. The van der Waals surface area contributed by atoms with E-state index in [1.807, 2.05) is 30.3 Å². The minimum Gasteiger partial charge on any atom is -0.486 e. The summed E-state index contributed by atoms with van der Waals surface area (Å²) < 4.78 is 11.1. The molecule has 0 radical (unpaired) electrons. The Balaban J connectivity index is 1.59. The molecule has 2 aromatic rings. The Bertz CT molecular complexity index is 722. The Morgan fingerprint density at radius 2 is 2.04 bits per heavy atom. The predicted molar refractivity (Wildman–Crippen MR) is 93.7 cm³/mol. The van der Waals surface area contributed by atoms with Crippen LogP contribution in [0.2, 0.25) is 5.02 Å². The molecule has 6 nitrogen and oxygen atoms in total. The van der Waals surface area contributed by atoms with Crippen molar-refractivity contribution in [2.24, 2.45) is 4.99 Å². The smallest absolute Gasteiger partial charge is 0.191 e. The lowest BCUT2D eigenvalue weighted by Crippen LogP contribution is -2.36. The number of ether oxygens (including phenoxy) is 2. The van der Waals surface area contributed by atoms with Crippen LogP contribution in [0.25, 0.3) is 0 Å². The second-order valence-electron chi connectivity index (χ2n) is 5.20. The van der Waals surface area contributed by atoms with E-state index in [0.717, 1.165) is 11.3 Å². The van der Waals surface area contributed by atoms with Crippen LogP contribution in [0.3, 0.4) is 0 Å². The molecule has 0 unspecified atom stereocenters.